The third kappa shape index (κ3) is 4.21. The van der Waals surface area contributed by atoms with Crippen molar-refractivity contribution >= 4 is 5.97 Å². The third-order valence-electron chi connectivity index (χ3n) is 3.62. The summed E-state index contributed by atoms with van der Waals surface area (Å²) in [6, 6.07) is 3.65. The number of hydrogen-bond acceptors (Lipinski definition) is 3. The van der Waals surface area contributed by atoms with E-state index in [0.29, 0.717) is 0 Å². The molecule has 21 heavy (non-hydrogen) atoms. The summed E-state index contributed by atoms with van der Waals surface area (Å²) in [6.07, 6.45) is 0. The highest BCUT2D eigenvalue weighted by molar-refractivity contribution is 5.76. The Balaban J connectivity index is 0.00000400. The number of rotatable bonds is 2. The van der Waals surface area contributed by atoms with Gasteiger partial charge in [0.15, 0.2) is 0 Å². The minimum absolute atomic E-state index is 0. The molecule has 0 fully saturated rings. The van der Waals surface area contributed by atoms with E-state index in [1.54, 1.807) is 6.92 Å². The van der Waals surface area contributed by atoms with Crippen LogP contribution < -0.4 is 6.15 Å². The van der Waals surface area contributed by atoms with Crippen LogP contribution in [0.2, 0.25) is 0 Å². The topological polar surface area (TPSA) is 92.5 Å². The maximum absolute atomic E-state index is 11.2. The lowest BCUT2D eigenvalue weighted by atomic mass is 9.77. The highest BCUT2D eigenvalue weighted by Gasteiger charge is 2.28. The second kappa shape index (κ2) is 6.06. The maximum atomic E-state index is 11.2. The van der Waals surface area contributed by atoms with E-state index >= 15 is 0 Å². The van der Waals surface area contributed by atoms with Crippen molar-refractivity contribution in [3.05, 3.63) is 28.8 Å². The van der Waals surface area contributed by atoms with E-state index in [4.69, 9.17) is 0 Å². The number of phenols is 1. The molecule has 0 aromatic heterocycles. The smallest absolute Gasteiger partial charge is 0.310 e. The minimum atomic E-state index is -0.851. The van der Waals surface area contributed by atoms with Crippen molar-refractivity contribution < 1.29 is 15.0 Å². The summed E-state index contributed by atoms with van der Waals surface area (Å²) in [5, 5.41) is 19.8. The van der Waals surface area contributed by atoms with Crippen molar-refractivity contribution in [1.82, 2.24) is 6.15 Å². The van der Waals surface area contributed by atoms with Gasteiger partial charge in [0.05, 0.1) is 5.92 Å². The number of hydrogen-bond donors (Lipinski definition) is 3. The molecule has 0 amide bonds. The Morgan fingerprint density at radius 2 is 1.33 bits per heavy atom. The van der Waals surface area contributed by atoms with E-state index in [9.17, 15) is 15.0 Å². The van der Waals surface area contributed by atoms with Crippen LogP contribution in [0.4, 0.5) is 0 Å². The summed E-state index contributed by atoms with van der Waals surface area (Å²) >= 11 is 0. The first kappa shape index (κ1) is 19.4. The Bertz CT molecular complexity index is 487. The molecule has 4 nitrogen and oxygen atoms in total. The fraction of sp³-hybridized carbons (Fsp3) is 0.588. The number of aliphatic carboxylic acids is 1. The number of aromatic hydroxyl groups is 1. The summed E-state index contributed by atoms with van der Waals surface area (Å²) in [7, 11) is 0. The molecule has 4 heteroatoms. The lowest BCUT2D eigenvalue weighted by molar-refractivity contribution is -0.138. The summed E-state index contributed by atoms with van der Waals surface area (Å²) < 4.78 is 0. The van der Waals surface area contributed by atoms with E-state index < -0.39 is 11.9 Å². The monoisotopic (exact) mass is 295 g/mol. The molecule has 5 N–H and O–H groups in total. The first-order chi connectivity index (χ1) is 8.85. The van der Waals surface area contributed by atoms with Gasteiger partial charge in [-0.2, -0.15) is 0 Å². The molecular weight excluding hydrogens is 266 g/mol. The maximum Gasteiger partial charge on any atom is 0.310 e. The summed E-state index contributed by atoms with van der Waals surface area (Å²) in [4.78, 5) is 11.2. The molecule has 0 bridgehead atoms. The molecule has 1 unspecified atom stereocenters. The summed E-state index contributed by atoms with van der Waals surface area (Å²) in [5.41, 5.74) is 1.86. The van der Waals surface area contributed by atoms with Crippen LogP contribution in [0.25, 0.3) is 0 Å². The van der Waals surface area contributed by atoms with E-state index in [0.717, 1.165) is 16.7 Å². The van der Waals surface area contributed by atoms with E-state index in [1.807, 2.05) is 53.7 Å². The van der Waals surface area contributed by atoms with E-state index in [1.165, 1.54) is 0 Å². The quantitative estimate of drug-likeness (QED) is 0.756. The molecule has 0 heterocycles. The number of benzene rings is 1. The Hall–Kier alpha value is -1.55. The van der Waals surface area contributed by atoms with Gasteiger partial charge in [-0.25, -0.2) is 0 Å². The lowest BCUT2D eigenvalue weighted by Gasteiger charge is -2.28. The normalized spacial score (nSPS) is 13.5. The van der Waals surface area contributed by atoms with Gasteiger partial charge in [0.25, 0.3) is 0 Å². The average Bonchev–Trinajstić information content (AvgIpc) is 2.24. The van der Waals surface area contributed by atoms with Crippen LogP contribution in [-0.2, 0) is 15.6 Å². The van der Waals surface area contributed by atoms with Gasteiger partial charge in [0.1, 0.15) is 5.75 Å². The number of carbonyl (C=O) groups is 1. The zero-order valence-electron chi connectivity index (χ0n) is 14.2. The zero-order valence-corrected chi connectivity index (χ0v) is 14.2. The second-order valence-electron chi connectivity index (χ2n) is 7.52. The van der Waals surface area contributed by atoms with Gasteiger partial charge >= 0.3 is 5.97 Å². The van der Waals surface area contributed by atoms with Crippen molar-refractivity contribution in [1.29, 1.82) is 0 Å². The van der Waals surface area contributed by atoms with Crippen molar-refractivity contribution in [2.24, 2.45) is 0 Å². The molecule has 0 radical (unpaired) electrons. The van der Waals surface area contributed by atoms with Crippen LogP contribution in [-0.4, -0.2) is 16.2 Å². The van der Waals surface area contributed by atoms with Gasteiger partial charge in [0.2, 0.25) is 0 Å². The fourth-order valence-corrected chi connectivity index (χ4v) is 2.19. The van der Waals surface area contributed by atoms with Gasteiger partial charge < -0.3 is 16.4 Å². The minimum Gasteiger partial charge on any atom is -0.507 e. The molecule has 0 saturated heterocycles. The Kier molecular flexibility index (Phi) is 5.61. The molecule has 0 spiro atoms. The highest BCUT2D eigenvalue weighted by Crippen LogP contribution is 2.41. The Labute approximate surface area is 127 Å². The van der Waals surface area contributed by atoms with Crippen LogP contribution >= 0.6 is 0 Å². The summed E-state index contributed by atoms with van der Waals surface area (Å²) in [6.45, 7) is 13.8. The van der Waals surface area contributed by atoms with Crippen molar-refractivity contribution in [2.45, 2.75) is 65.2 Å². The number of phenolic OH excluding ortho intramolecular Hbond substituents is 1. The van der Waals surface area contributed by atoms with E-state index in [-0.39, 0.29) is 22.7 Å². The SMILES string of the molecule is CC(C(=O)O)c1cc(C(C)(C)C)c(O)c(C(C)(C)C)c1.N. The van der Waals surface area contributed by atoms with Gasteiger partial charge in [-0.3, -0.25) is 4.79 Å². The average molecular weight is 295 g/mol. The van der Waals surface area contributed by atoms with Gasteiger partial charge in [-0.1, -0.05) is 53.7 Å². The highest BCUT2D eigenvalue weighted by atomic mass is 16.4. The van der Waals surface area contributed by atoms with Crippen LogP contribution in [0.1, 0.15) is 71.1 Å². The molecular formula is C17H29NO3. The molecule has 120 valence electrons. The van der Waals surface area contributed by atoms with Gasteiger partial charge in [-0.15, -0.1) is 0 Å². The molecule has 1 atom stereocenters. The van der Waals surface area contributed by atoms with E-state index in [2.05, 4.69) is 0 Å². The Morgan fingerprint density at radius 3 is 1.57 bits per heavy atom. The number of carboxylic acid groups (broad SMARTS) is 1. The molecule has 0 saturated carbocycles. The van der Waals surface area contributed by atoms with Gasteiger partial charge in [0, 0.05) is 0 Å². The zero-order chi connectivity index (χ0) is 15.9. The van der Waals surface area contributed by atoms with Gasteiger partial charge in [-0.05, 0) is 34.4 Å². The first-order valence-corrected chi connectivity index (χ1v) is 6.96. The molecule has 1 aromatic rings. The van der Waals surface area contributed by atoms with Crippen LogP contribution in [0.3, 0.4) is 0 Å². The predicted octanol–water partition coefficient (Wildman–Crippen LogP) is 4.34. The van der Waals surface area contributed by atoms with Crippen LogP contribution in [0.15, 0.2) is 12.1 Å². The predicted molar refractivity (Wildman–Crippen MR) is 86.6 cm³/mol. The molecule has 1 rings (SSSR count). The second-order valence-corrected chi connectivity index (χ2v) is 7.52. The van der Waals surface area contributed by atoms with Crippen molar-refractivity contribution in [2.75, 3.05) is 0 Å². The number of carboxylic acids is 1. The lowest BCUT2D eigenvalue weighted by Crippen LogP contribution is -2.19. The largest absolute Gasteiger partial charge is 0.507 e. The molecule has 1 aromatic carbocycles. The summed E-state index contributed by atoms with van der Waals surface area (Å²) in [5.74, 6) is -1.15. The third-order valence-corrected chi connectivity index (χ3v) is 3.62. The van der Waals surface area contributed by atoms with Crippen molar-refractivity contribution in [3.63, 3.8) is 0 Å². The van der Waals surface area contributed by atoms with Crippen LogP contribution in [0.5, 0.6) is 5.75 Å². The van der Waals surface area contributed by atoms with Crippen LogP contribution in [0, 0.1) is 0 Å². The Morgan fingerprint density at radius 1 is 1.00 bits per heavy atom. The molecule has 0 aliphatic heterocycles. The molecule has 0 aliphatic carbocycles. The standard InChI is InChI=1S/C17H26O3.H3N/c1-10(15(19)20)11-8-12(16(2,3)4)14(18)13(9-11)17(5,6)7;/h8-10,18H,1-7H3,(H,19,20);1H3. The molecule has 0 aliphatic rings. The van der Waals surface area contributed by atoms with Crippen molar-refractivity contribution in [3.8, 4) is 5.75 Å². The fourth-order valence-electron chi connectivity index (χ4n) is 2.19. The first-order valence-electron chi connectivity index (χ1n) is 6.96.